The fourth-order valence-electron chi connectivity index (χ4n) is 6.83. The van der Waals surface area contributed by atoms with Gasteiger partial charge in [-0.15, -0.1) is 0 Å². The minimum absolute atomic E-state index is 0. The molecule has 0 spiro atoms. The van der Waals surface area contributed by atoms with E-state index in [4.69, 9.17) is 8.83 Å². The first kappa shape index (κ1) is 43.1. The minimum atomic E-state index is 0. The summed E-state index contributed by atoms with van der Waals surface area (Å²) < 4.78 is 17.4. The van der Waals surface area contributed by atoms with Gasteiger partial charge in [0, 0.05) is 64.5 Å². The van der Waals surface area contributed by atoms with E-state index in [0.29, 0.717) is 0 Å². The third kappa shape index (κ3) is 11.4. The first-order chi connectivity index (χ1) is 25.2. The lowest BCUT2D eigenvalue weighted by Gasteiger charge is -2.11. The number of unbranched alkanes of at least 4 members (excludes halogenated alkanes) is 7. The molecule has 0 saturated carbocycles. The van der Waals surface area contributed by atoms with Gasteiger partial charge in [0.15, 0.2) is 13.1 Å². The van der Waals surface area contributed by atoms with Crippen molar-refractivity contribution in [2.24, 2.45) is 0 Å². The van der Waals surface area contributed by atoms with E-state index in [9.17, 15) is 0 Å². The Bertz CT molecular complexity index is 1970. The molecule has 0 radical (unpaired) electrons. The molecule has 0 fully saturated rings. The predicted octanol–water partition coefficient (Wildman–Crippen LogP) is 4.67. The van der Waals surface area contributed by atoms with Crippen molar-refractivity contribution >= 4 is 57.9 Å². The summed E-state index contributed by atoms with van der Waals surface area (Å²) in [7, 11) is 8.27. The Kier molecular flexibility index (Phi) is 16.7. The molecular formula is C46H56I2N4O2. The molecular weight excluding hydrogens is 894 g/mol. The van der Waals surface area contributed by atoms with Gasteiger partial charge in [-0.2, -0.15) is 9.13 Å². The van der Waals surface area contributed by atoms with Gasteiger partial charge in [-0.3, -0.25) is 0 Å². The van der Waals surface area contributed by atoms with E-state index in [-0.39, 0.29) is 48.0 Å². The number of benzene rings is 4. The van der Waals surface area contributed by atoms with E-state index < -0.39 is 0 Å². The summed E-state index contributed by atoms with van der Waals surface area (Å²) in [6.45, 7) is 6.23. The topological polar surface area (TPSA) is 40.5 Å². The largest absolute Gasteiger partial charge is 1.00 e. The average Bonchev–Trinajstić information content (AvgIpc) is 3.66. The molecule has 54 heavy (non-hydrogen) atoms. The Morgan fingerprint density at radius 2 is 0.815 bits per heavy atom. The molecule has 286 valence electrons. The van der Waals surface area contributed by atoms with Crippen molar-refractivity contribution in [1.29, 1.82) is 0 Å². The molecule has 6 nitrogen and oxygen atoms in total. The summed E-state index contributed by atoms with van der Waals surface area (Å²) >= 11 is 0. The highest BCUT2D eigenvalue weighted by atomic mass is 127. The monoisotopic (exact) mass is 950 g/mol. The second-order valence-electron chi connectivity index (χ2n) is 14.6. The Morgan fingerprint density at radius 3 is 1.17 bits per heavy atom. The zero-order chi connectivity index (χ0) is 36.5. The highest BCUT2D eigenvalue weighted by Crippen LogP contribution is 2.21. The smallest absolute Gasteiger partial charge is 0.374 e. The normalized spacial score (nSPS) is 11.4. The highest BCUT2D eigenvalue weighted by Gasteiger charge is 2.22. The van der Waals surface area contributed by atoms with Gasteiger partial charge in [0.1, 0.15) is 0 Å². The maximum Gasteiger partial charge on any atom is 0.374 e. The molecule has 0 bridgehead atoms. The zero-order valence-electron chi connectivity index (χ0n) is 32.8. The summed E-state index contributed by atoms with van der Waals surface area (Å²) in [5.41, 5.74) is 11.5. The Hall–Kier alpha value is -3.64. The highest BCUT2D eigenvalue weighted by molar-refractivity contribution is 5.74. The molecule has 0 aliphatic carbocycles. The lowest BCUT2D eigenvalue weighted by atomic mass is 10.1. The zero-order valence-corrected chi connectivity index (χ0v) is 37.1. The van der Waals surface area contributed by atoms with E-state index in [1.54, 1.807) is 0 Å². The fraction of sp³-hybridized carbons (Fsp3) is 0.348. The van der Waals surface area contributed by atoms with Crippen LogP contribution in [0.15, 0.2) is 93.8 Å². The van der Waals surface area contributed by atoms with Crippen molar-refractivity contribution in [3.8, 4) is 0 Å². The molecule has 0 atom stereocenters. The van der Waals surface area contributed by atoms with Crippen LogP contribution in [0.2, 0.25) is 0 Å². The first-order valence-corrected chi connectivity index (χ1v) is 19.0. The number of halogens is 2. The van der Waals surface area contributed by atoms with Gasteiger partial charge >= 0.3 is 11.8 Å². The van der Waals surface area contributed by atoms with Crippen LogP contribution >= 0.6 is 0 Å². The van der Waals surface area contributed by atoms with Crippen LogP contribution in [0.5, 0.6) is 0 Å². The van der Waals surface area contributed by atoms with E-state index in [1.165, 1.54) is 83.2 Å². The van der Waals surface area contributed by atoms with Crippen LogP contribution in [0.1, 0.15) is 85.4 Å². The van der Waals surface area contributed by atoms with Crippen molar-refractivity contribution in [2.75, 3.05) is 38.0 Å². The molecule has 6 rings (SSSR count). The Morgan fingerprint density at radius 1 is 0.463 bits per heavy atom. The van der Waals surface area contributed by atoms with E-state index in [0.717, 1.165) is 48.9 Å². The van der Waals surface area contributed by atoms with Crippen molar-refractivity contribution in [3.05, 3.63) is 119 Å². The van der Waals surface area contributed by atoms with Crippen molar-refractivity contribution in [3.63, 3.8) is 0 Å². The van der Waals surface area contributed by atoms with Gasteiger partial charge in [0.2, 0.25) is 11.2 Å². The quantitative estimate of drug-likeness (QED) is 0.0759. The van der Waals surface area contributed by atoms with E-state index in [1.807, 2.05) is 0 Å². The van der Waals surface area contributed by atoms with Gasteiger partial charge in [-0.25, -0.2) is 0 Å². The maximum atomic E-state index is 6.33. The number of nitrogens with zero attached hydrogens (tertiary/aromatic N) is 4. The number of aromatic nitrogens is 2. The molecule has 0 N–H and O–H groups in total. The van der Waals surface area contributed by atoms with Crippen molar-refractivity contribution in [1.82, 2.24) is 0 Å². The lowest BCUT2D eigenvalue weighted by molar-refractivity contribution is -0.678. The molecule has 8 heteroatoms. The molecule has 0 saturated heterocycles. The number of oxazole rings is 2. The van der Waals surface area contributed by atoms with Gasteiger partial charge < -0.3 is 66.6 Å². The number of aryl methyl sites for hydroxylation is 4. The number of hydrogen-bond donors (Lipinski definition) is 0. The van der Waals surface area contributed by atoms with Crippen LogP contribution in [-0.2, 0) is 13.1 Å². The predicted molar refractivity (Wildman–Crippen MR) is 219 cm³/mol. The van der Waals surface area contributed by atoms with Crippen molar-refractivity contribution in [2.45, 2.75) is 78.3 Å². The fourth-order valence-corrected chi connectivity index (χ4v) is 6.83. The summed E-state index contributed by atoms with van der Waals surface area (Å²) in [6, 6.07) is 30.2. The van der Waals surface area contributed by atoms with Gasteiger partial charge in [-0.1, -0.05) is 62.1 Å². The molecule has 0 unspecified atom stereocenters. The first-order valence-electron chi connectivity index (χ1n) is 19.0. The van der Waals surface area contributed by atoms with Crippen molar-refractivity contribution < 1.29 is 65.9 Å². The molecule has 2 aromatic heterocycles. The van der Waals surface area contributed by atoms with Gasteiger partial charge in [0.05, 0.1) is 12.2 Å². The third-order valence-corrected chi connectivity index (χ3v) is 9.94. The van der Waals surface area contributed by atoms with Crippen LogP contribution < -0.4 is 66.9 Å². The Balaban J connectivity index is 0.00000325. The third-order valence-electron chi connectivity index (χ3n) is 9.94. The minimum Gasteiger partial charge on any atom is -1.00 e. The van der Waals surface area contributed by atoms with Crippen LogP contribution in [-0.4, -0.2) is 28.2 Å². The maximum absolute atomic E-state index is 6.33. The van der Waals surface area contributed by atoms with E-state index >= 15 is 0 Å². The van der Waals surface area contributed by atoms with Gasteiger partial charge in [0.25, 0.3) is 11.0 Å². The van der Waals surface area contributed by atoms with Crippen LogP contribution in [0.4, 0.5) is 11.4 Å². The Labute approximate surface area is 356 Å². The van der Waals surface area contributed by atoms with Crippen LogP contribution in [0.3, 0.4) is 0 Å². The van der Waals surface area contributed by atoms with Crippen LogP contribution in [0.25, 0.3) is 46.5 Å². The summed E-state index contributed by atoms with van der Waals surface area (Å²) in [5, 5.41) is 0. The van der Waals surface area contributed by atoms with Gasteiger partial charge in [-0.05, 0) is 97.5 Å². The molecule has 0 aliphatic heterocycles. The second kappa shape index (κ2) is 20.9. The molecule has 6 aromatic rings. The number of fused-ring (bicyclic) bond motifs is 2. The average molecular weight is 951 g/mol. The van der Waals surface area contributed by atoms with Crippen LogP contribution in [0, 0.1) is 13.8 Å². The number of anilines is 2. The second-order valence-corrected chi connectivity index (χ2v) is 14.6. The SMILES string of the molecule is Cc1ccc2oc(/C=C/c3ccc(N(C)C)cc3)[n+](CCCCCCCCCC[n+]3c(/C=C/c4ccc(N(C)C)cc4)oc4ccc(C)cc43)c2c1.[I-].[I-]. The molecule has 0 amide bonds. The summed E-state index contributed by atoms with van der Waals surface area (Å²) in [6.07, 6.45) is 18.4. The number of rotatable bonds is 17. The molecule has 4 aromatic carbocycles. The summed E-state index contributed by atoms with van der Waals surface area (Å²) in [4.78, 5) is 4.24. The van der Waals surface area contributed by atoms with E-state index in [2.05, 4.69) is 170 Å². The number of hydrogen-bond acceptors (Lipinski definition) is 4. The standard InChI is InChI=1S/C46H56N4O2.2HI/c1-35-15-27-43-41(33-35)49(45(51-43)29-21-37-17-23-39(24-18-37)47(3)4)31-13-11-9-7-8-10-12-14-32-50-42-34-36(2)16-28-44(42)52-46(50)30-22-38-19-25-40(26-20-38)48(5)6;;/h15-30,33-34H,7-14,31-32H2,1-6H3;2*1H/q+2;;/p-2. The lowest BCUT2D eigenvalue weighted by Crippen LogP contribution is -3.00. The molecule has 2 heterocycles. The summed E-state index contributed by atoms with van der Waals surface area (Å²) in [5.74, 6) is 1.82. The molecule has 0 aliphatic rings.